The van der Waals surface area contributed by atoms with Gasteiger partial charge in [-0.25, -0.2) is 14.9 Å². The van der Waals surface area contributed by atoms with Crippen molar-refractivity contribution >= 4 is 40.1 Å². The van der Waals surface area contributed by atoms with Crippen LogP contribution in [0.4, 0.5) is 10.8 Å². The Bertz CT molecular complexity index is 971. The number of carbonyl (C=O) groups is 1. The third-order valence-electron chi connectivity index (χ3n) is 4.70. The molecule has 152 valence electrons. The van der Waals surface area contributed by atoms with Crippen molar-refractivity contribution in [3.8, 4) is 5.75 Å². The zero-order chi connectivity index (χ0) is 20.2. The van der Waals surface area contributed by atoms with Crippen molar-refractivity contribution in [2.75, 3.05) is 29.8 Å². The number of ether oxygens (including phenoxy) is 1. The molecule has 29 heavy (non-hydrogen) atoms. The third kappa shape index (κ3) is 4.43. The Morgan fingerprint density at radius 3 is 2.93 bits per heavy atom. The van der Waals surface area contributed by atoms with Crippen molar-refractivity contribution in [1.29, 1.82) is 0 Å². The van der Waals surface area contributed by atoms with Gasteiger partial charge in [0.1, 0.15) is 10.8 Å². The van der Waals surface area contributed by atoms with Gasteiger partial charge >= 0.3 is 5.97 Å². The van der Waals surface area contributed by atoms with Crippen LogP contribution in [-0.4, -0.2) is 56.9 Å². The number of aromatic nitrogens is 5. The highest BCUT2D eigenvalue weighted by Gasteiger charge is 2.24. The third-order valence-corrected chi connectivity index (χ3v) is 6.49. The molecule has 1 fully saturated rings. The van der Waals surface area contributed by atoms with E-state index in [4.69, 9.17) is 14.8 Å². The minimum Gasteiger partial charge on any atom is -0.495 e. The molecule has 0 spiro atoms. The summed E-state index contributed by atoms with van der Waals surface area (Å²) < 4.78 is 8.47. The van der Waals surface area contributed by atoms with Crippen LogP contribution in [0.2, 0.25) is 0 Å². The molecule has 3 N–H and O–H groups in total. The Labute approximate surface area is 174 Å². The number of thiazole rings is 1. The number of nitrogens with zero attached hydrogens (tertiary/aromatic N) is 5. The molecule has 0 saturated carbocycles. The molecular weight excluding hydrogens is 414 g/mol. The van der Waals surface area contributed by atoms with E-state index in [-0.39, 0.29) is 5.56 Å². The van der Waals surface area contributed by atoms with E-state index in [2.05, 4.69) is 30.2 Å². The second kappa shape index (κ2) is 8.66. The molecule has 1 aliphatic heterocycles. The molecule has 0 atom stereocenters. The van der Waals surface area contributed by atoms with Crippen LogP contribution >= 0.6 is 23.3 Å². The summed E-state index contributed by atoms with van der Waals surface area (Å²) in [5.74, 6) is 0.692. The monoisotopic (exact) mass is 433 g/mol. The van der Waals surface area contributed by atoms with Gasteiger partial charge in [-0.15, -0.1) is 16.4 Å². The van der Waals surface area contributed by atoms with E-state index in [1.807, 2.05) is 5.38 Å². The molecule has 2 aromatic heterocycles. The number of H-pyrrole nitrogens is 1. The summed E-state index contributed by atoms with van der Waals surface area (Å²) in [5.41, 5.74) is 0.872. The maximum absolute atomic E-state index is 11.1. The molecule has 12 heteroatoms. The predicted molar refractivity (Wildman–Crippen MR) is 110 cm³/mol. The Morgan fingerprint density at radius 1 is 1.41 bits per heavy atom. The number of nitrogens with one attached hydrogen (secondary N) is 2. The van der Waals surface area contributed by atoms with Crippen molar-refractivity contribution < 1.29 is 14.6 Å². The van der Waals surface area contributed by atoms with Gasteiger partial charge in [-0.1, -0.05) is 0 Å². The number of carboxylic acids is 1. The van der Waals surface area contributed by atoms with E-state index in [1.165, 1.54) is 31.2 Å². The zero-order valence-corrected chi connectivity index (χ0v) is 17.2. The number of hydrogen-bond donors (Lipinski definition) is 3. The van der Waals surface area contributed by atoms with Crippen molar-refractivity contribution in [2.24, 2.45) is 0 Å². The number of carboxylic acid groups (broad SMARTS) is 1. The molecule has 0 unspecified atom stereocenters. The summed E-state index contributed by atoms with van der Waals surface area (Å²) >= 11 is 2.97. The Kier molecular flexibility index (Phi) is 5.81. The van der Waals surface area contributed by atoms with Gasteiger partial charge in [-0.3, -0.25) is 0 Å². The summed E-state index contributed by atoms with van der Waals surface area (Å²) in [7, 11) is 1.51. The molecule has 0 radical (unpaired) electrons. The minimum atomic E-state index is -0.991. The van der Waals surface area contributed by atoms with Gasteiger partial charge in [0.05, 0.1) is 18.4 Å². The molecule has 4 rings (SSSR count). The summed E-state index contributed by atoms with van der Waals surface area (Å²) in [6.45, 7) is 1.81. The van der Waals surface area contributed by atoms with Gasteiger partial charge in [0.15, 0.2) is 11.0 Å². The normalized spacial score (nSPS) is 14.7. The van der Waals surface area contributed by atoms with E-state index in [1.54, 1.807) is 17.4 Å². The molecule has 3 aromatic rings. The number of aromatic carboxylic acids is 1. The van der Waals surface area contributed by atoms with Gasteiger partial charge in [-0.2, -0.15) is 0 Å². The maximum atomic E-state index is 11.1. The summed E-state index contributed by atoms with van der Waals surface area (Å²) in [5, 5.41) is 27.1. The smallest absolute Gasteiger partial charge is 0.335 e. The standard InChI is InChI=1S/C17H19N7O3S2/c1-27-13-8-11(16(25)26)2-3-12(13)21-29-14-9-28-17(18-14)24-6-4-10(5-7-24)15-19-22-23-20-15/h2-3,8-10,21H,4-7H2,1H3,(H,25,26)(H,19,20,22,23). The number of methoxy groups -OCH3 is 1. The lowest BCUT2D eigenvalue weighted by atomic mass is 9.97. The zero-order valence-electron chi connectivity index (χ0n) is 15.5. The first-order valence-electron chi connectivity index (χ1n) is 8.92. The molecule has 1 aliphatic rings. The van der Waals surface area contributed by atoms with E-state index in [0.29, 0.717) is 17.4 Å². The second-order valence-electron chi connectivity index (χ2n) is 6.44. The van der Waals surface area contributed by atoms with Crippen molar-refractivity contribution in [3.63, 3.8) is 0 Å². The van der Waals surface area contributed by atoms with Crippen molar-refractivity contribution in [1.82, 2.24) is 25.6 Å². The average molecular weight is 434 g/mol. The topological polar surface area (TPSA) is 129 Å². The van der Waals surface area contributed by atoms with Crippen LogP contribution in [0.5, 0.6) is 5.75 Å². The van der Waals surface area contributed by atoms with Crippen LogP contribution in [0, 0.1) is 0 Å². The SMILES string of the molecule is COc1cc(C(=O)O)ccc1NSc1csc(N2CCC(c3nnn[nH]3)CC2)n1. The quantitative estimate of drug-likeness (QED) is 0.478. The molecule has 1 saturated heterocycles. The Balaban J connectivity index is 1.35. The van der Waals surface area contributed by atoms with E-state index in [9.17, 15) is 4.79 Å². The molecular formula is C17H19N7O3S2. The highest BCUT2D eigenvalue weighted by Crippen LogP contribution is 2.34. The maximum Gasteiger partial charge on any atom is 0.335 e. The lowest BCUT2D eigenvalue weighted by Gasteiger charge is -2.30. The van der Waals surface area contributed by atoms with Gasteiger partial charge in [-0.05, 0) is 41.5 Å². The summed E-state index contributed by atoms with van der Waals surface area (Å²) in [6.07, 6.45) is 1.95. The average Bonchev–Trinajstić information content (AvgIpc) is 3.44. The summed E-state index contributed by atoms with van der Waals surface area (Å²) in [4.78, 5) is 18.1. The van der Waals surface area contributed by atoms with Gasteiger partial charge in [0.25, 0.3) is 0 Å². The Morgan fingerprint density at radius 2 is 2.24 bits per heavy atom. The van der Waals surface area contributed by atoms with Gasteiger partial charge < -0.3 is 19.5 Å². The number of aromatic amines is 1. The van der Waals surface area contributed by atoms with E-state index >= 15 is 0 Å². The molecule has 10 nitrogen and oxygen atoms in total. The minimum absolute atomic E-state index is 0.179. The number of hydrogen-bond acceptors (Lipinski definition) is 10. The predicted octanol–water partition coefficient (Wildman–Crippen LogP) is 2.87. The molecule has 0 aliphatic carbocycles. The number of tetrazole rings is 1. The first-order chi connectivity index (χ1) is 14.1. The number of piperidine rings is 1. The van der Waals surface area contributed by atoms with Crippen LogP contribution in [0.15, 0.2) is 28.6 Å². The van der Waals surface area contributed by atoms with Crippen molar-refractivity contribution in [2.45, 2.75) is 23.8 Å². The van der Waals surface area contributed by atoms with Crippen LogP contribution in [0.1, 0.15) is 34.9 Å². The largest absolute Gasteiger partial charge is 0.495 e. The highest BCUT2D eigenvalue weighted by atomic mass is 32.2. The van der Waals surface area contributed by atoms with Gasteiger partial charge in [0.2, 0.25) is 0 Å². The van der Waals surface area contributed by atoms with Crippen LogP contribution < -0.4 is 14.4 Å². The first-order valence-corrected chi connectivity index (χ1v) is 10.6. The van der Waals surface area contributed by atoms with E-state index in [0.717, 1.165) is 41.9 Å². The van der Waals surface area contributed by atoms with Crippen LogP contribution in [-0.2, 0) is 0 Å². The second-order valence-corrected chi connectivity index (χ2v) is 8.10. The molecule has 1 aromatic carbocycles. The fourth-order valence-electron chi connectivity index (χ4n) is 3.14. The van der Waals surface area contributed by atoms with Crippen LogP contribution in [0.3, 0.4) is 0 Å². The number of benzene rings is 1. The highest BCUT2D eigenvalue weighted by molar-refractivity contribution is 8.00. The molecule has 3 heterocycles. The van der Waals surface area contributed by atoms with Gasteiger partial charge in [0, 0.05) is 36.3 Å². The fraction of sp³-hybridized carbons (Fsp3) is 0.353. The molecule has 0 amide bonds. The summed E-state index contributed by atoms with van der Waals surface area (Å²) in [6, 6.07) is 4.71. The van der Waals surface area contributed by atoms with Crippen molar-refractivity contribution in [3.05, 3.63) is 35.0 Å². The van der Waals surface area contributed by atoms with E-state index < -0.39 is 5.97 Å². The fourth-order valence-corrected chi connectivity index (χ4v) is 4.79. The Hall–Kier alpha value is -2.86. The lowest BCUT2D eigenvalue weighted by Crippen LogP contribution is -2.33. The first kappa shape index (κ1) is 19.5. The number of anilines is 2. The van der Waals surface area contributed by atoms with Crippen LogP contribution in [0.25, 0.3) is 0 Å². The molecule has 0 bridgehead atoms. The number of rotatable bonds is 7. The lowest BCUT2D eigenvalue weighted by molar-refractivity contribution is 0.0696.